The van der Waals surface area contributed by atoms with Gasteiger partial charge < -0.3 is 15.6 Å². The van der Waals surface area contributed by atoms with Crippen LogP contribution in [0.5, 0.6) is 5.75 Å². The maximum Gasteiger partial charge on any atom is 0.341 e. The molecular weight excluding hydrogens is 502 g/mol. The Morgan fingerprint density at radius 2 is 1.94 bits per heavy atom. The lowest BCUT2D eigenvalue weighted by atomic mass is 10.0. The molecule has 0 radical (unpaired) electrons. The number of rotatable bonds is 8. The topological polar surface area (TPSA) is 110 Å². The molecule has 12 heteroatoms. The number of hydrogen-bond donors (Lipinski definition) is 2. The predicted octanol–water partition coefficient (Wildman–Crippen LogP) is 4.73. The van der Waals surface area contributed by atoms with Crippen LogP contribution in [0.1, 0.15) is 5.56 Å². The molecule has 1 heterocycles. The molecule has 0 saturated heterocycles. The normalized spacial score (nSPS) is 11.7. The summed E-state index contributed by atoms with van der Waals surface area (Å²) in [4.78, 5) is 10.9. The van der Waals surface area contributed by atoms with E-state index in [1.165, 1.54) is 31.3 Å². The highest BCUT2D eigenvalue weighted by Crippen LogP contribution is 2.37. The summed E-state index contributed by atoms with van der Waals surface area (Å²) in [6.07, 6.45) is 0. The molecular formula is C20H17Cl2FN2O5S2. The van der Waals surface area contributed by atoms with Gasteiger partial charge in [0.2, 0.25) is 0 Å². The molecule has 3 N–H and O–H groups in total. The zero-order valence-electron chi connectivity index (χ0n) is 16.5. The van der Waals surface area contributed by atoms with Gasteiger partial charge in [-0.1, -0.05) is 29.3 Å². The van der Waals surface area contributed by atoms with Gasteiger partial charge >= 0.3 is 5.97 Å². The van der Waals surface area contributed by atoms with Gasteiger partial charge in [-0.2, -0.15) is 4.31 Å². The van der Waals surface area contributed by atoms with Crippen LogP contribution in [0.4, 0.5) is 10.1 Å². The fourth-order valence-electron chi connectivity index (χ4n) is 2.88. The Morgan fingerprint density at radius 3 is 2.53 bits per heavy atom. The van der Waals surface area contributed by atoms with Gasteiger partial charge in [-0.25, -0.2) is 17.6 Å². The summed E-state index contributed by atoms with van der Waals surface area (Å²) in [6, 6.07) is 9.82. The van der Waals surface area contributed by atoms with Crippen LogP contribution in [0.15, 0.2) is 46.7 Å². The van der Waals surface area contributed by atoms with Crippen LogP contribution in [-0.4, -0.2) is 37.5 Å². The highest BCUT2D eigenvalue weighted by molar-refractivity contribution is 7.91. The number of thiophene rings is 1. The summed E-state index contributed by atoms with van der Waals surface area (Å²) in [5.41, 5.74) is 7.17. The molecule has 3 aromatic rings. The van der Waals surface area contributed by atoms with E-state index in [9.17, 15) is 17.6 Å². The first-order valence-electron chi connectivity index (χ1n) is 8.92. The Labute approximate surface area is 197 Å². The summed E-state index contributed by atoms with van der Waals surface area (Å²) in [7, 11) is -2.47. The number of benzene rings is 2. The van der Waals surface area contributed by atoms with Crippen molar-refractivity contribution in [3.63, 3.8) is 0 Å². The lowest BCUT2D eigenvalue weighted by Crippen LogP contribution is -2.25. The van der Waals surface area contributed by atoms with Crippen molar-refractivity contribution < 1.29 is 27.4 Å². The second-order valence-corrected chi connectivity index (χ2v) is 11.1. The van der Waals surface area contributed by atoms with Gasteiger partial charge in [-0.3, -0.25) is 0 Å². The maximum atomic E-state index is 13.9. The first-order valence-corrected chi connectivity index (χ1v) is 11.9. The van der Waals surface area contributed by atoms with Crippen molar-refractivity contribution in [2.24, 2.45) is 0 Å². The van der Waals surface area contributed by atoms with Gasteiger partial charge in [0.1, 0.15) is 20.1 Å². The number of carboxylic acids is 1. The number of nitrogens with two attached hydrogens (primary N) is 1. The van der Waals surface area contributed by atoms with Crippen molar-refractivity contribution in [3.8, 4) is 16.9 Å². The number of ether oxygens (including phenoxy) is 1. The van der Waals surface area contributed by atoms with Crippen molar-refractivity contribution in [1.82, 2.24) is 4.31 Å². The first kappa shape index (κ1) is 24.3. The minimum Gasteiger partial charge on any atom is -0.481 e. The predicted molar refractivity (Wildman–Crippen MR) is 122 cm³/mol. The highest BCUT2D eigenvalue weighted by Gasteiger charge is 2.25. The number of carboxylic acid groups (broad SMARTS) is 1. The Hall–Kier alpha value is -2.37. The molecule has 0 atom stereocenters. The van der Waals surface area contributed by atoms with E-state index in [1.54, 1.807) is 12.1 Å². The Balaban J connectivity index is 1.97. The number of nitrogens with zero attached hydrogens (tertiary/aromatic N) is 1. The summed E-state index contributed by atoms with van der Waals surface area (Å²) in [6.45, 7) is -0.641. The molecule has 0 aliphatic rings. The van der Waals surface area contributed by atoms with Crippen LogP contribution in [-0.2, 0) is 21.4 Å². The summed E-state index contributed by atoms with van der Waals surface area (Å²) in [5.74, 6) is -1.58. The van der Waals surface area contributed by atoms with Crippen molar-refractivity contribution in [3.05, 3.63) is 63.2 Å². The number of halogens is 3. The Bertz CT molecular complexity index is 1240. The van der Waals surface area contributed by atoms with E-state index < -0.39 is 28.4 Å². The third kappa shape index (κ3) is 5.51. The molecule has 170 valence electrons. The minimum atomic E-state index is -3.87. The van der Waals surface area contributed by atoms with Gasteiger partial charge in [0, 0.05) is 24.8 Å². The SMILES string of the molecule is CN(Cc1ccc(OCC(=O)O)c(-c2cc(N)cc(F)c2)c1)S(=O)(=O)c1cc(Cl)c(Cl)s1. The maximum absolute atomic E-state index is 13.9. The van der Waals surface area contributed by atoms with Crippen molar-refractivity contribution in [2.45, 2.75) is 10.8 Å². The third-order valence-corrected chi connectivity index (χ3v) is 8.44. The van der Waals surface area contributed by atoms with E-state index in [0.29, 0.717) is 16.7 Å². The standard InChI is InChI=1S/C20H17Cl2FN2O5S2/c1-25(32(28,29)19-8-16(21)20(22)31-19)9-11-2-3-17(30-10-18(26)27)15(4-11)12-5-13(23)7-14(24)6-12/h2-8H,9-10,24H2,1H3,(H,26,27). The highest BCUT2D eigenvalue weighted by atomic mass is 35.5. The smallest absolute Gasteiger partial charge is 0.341 e. The van der Waals surface area contributed by atoms with Gasteiger partial charge in [0.15, 0.2) is 6.61 Å². The molecule has 0 aliphatic heterocycles. The summed E-state index contributed by atoms with van der Waals surface area (Å²) < 4.78 is 46.2. The van der Waals surface area contributed by atoms with Crippen LogP contribution < -0.4 is 10.5 Å². The van der Waals surface area contributed by atoms with Crippen LogP contribution >= 0.6 is 34.5 Å². The van der Waals surface area contributed by atoms with Crippen LogP contribution in [0.2, 0.25) is 9.36 Å². The Kier molecular flexibility index (Phi) is 7.31. The van der Waals surface area contributed by atoms with E-state index in [1.807, 2.05) is 0 Å². The Morgan fingerprint density at radius 1 is 1.22 bits per heavy atom. The number of sulfonamides is 1. The van der Waals surface area contributed by atoms with E-state index in [-0.39, 0.29) is 31.5 Å². The first-order chi connectivity index (χ1) is 15.0. The fraction of sp³-hybridized carbons (Fsp3) is 0.150. The number of carbonyl (C=O) groups is 1. The molecule has 0 unspecified atom stereocenters. The molecule has 1 aromatic heterocycles. The average molecular weight is 519 g/mol. The minimum absolute atomic E-state index is 0.00506. The molecule has 0 aliphatic carbocycles. The monoisotopic (exact) mass is 518 g/mol. The van der Waals surface area contributed by atoms with Gasteiger partial charge in [0.25, 0.3) is 10.0 Å². The van der Waals surface area contributed by atoms with E-state index >= 15 is 0 Å². The summed E-state index contributed by atoms with van der Waals surface area (Å²) >= 11 is 12.6. The largest absolute Gasteiger partial charge is 0.481 e. The van der Waals surface area contributed by atoms with Crippen molar-refractivity contribution >= 4 is 56.2 Å². The molecule has 7 nitrogen and oxygen atoms in total. The third-order valence-electron chi connectivity index (χ3n) is 4.32. The lowest BCUT2D eigenvalue weighted by Gasteiger charge is -2.18. The lowest BCUT2D eigenvalue weighted by molar-refractivity contribution is -0.139. The van der Waals surface area contributed by atoms with Crippen LogP contribution in [0.25, 0.3) is 11.1 Å². The second-order valence-electron chi connectivity index (χ2n) is 6.73. The van der Waals surface area contributed by atoms with Crippen LogP contribution in [0, 0.1) is 5.82 Å². The fourth-order valence-corrected chi connectivity index (χ4v) is 6.13. The van der Waals surface area contributed by atoms with Gasteiger partial charge in [-0.05, 0) is 47.5 Å². The molecule has 0 saturated carbocycles. The van der Waals surface area contributed by atoms with Crippen molar-refractivity contribution in [2.75, 3.05) is 19.4 Å². The molecule has 0 spiro atoms. The quantitative estimate of drug-likeness (QED) is 0.417. The number of aliphatic carboxylic acids is 1. The van der Waals surface area contributed by atoms with E-state index in [4.69, 9.17) is 38.8 Å². The number of nitrogen functional groups attached to an aromatic ring is 1. The zero-order chi connectivity index (χ0) is 23.6. The number of anilines is 1. The van der Waals surface area contributed by atoms with Crippen LogP contribution in [0.3, 0.4) is 0 Å². The second kappa shape index (κ2) is 9.63. The molecule has 0 fully saturated rings. The van der Waals surface area contributed by atoms with Crippen molar-refractivity contribution in [1.29, 1.82) is 0 Å². The van der Waals surface area contributed by atoms with Gasteiger partial charge in [0.05, 0.1) is 5.02 Å². The summed E-state index contributed by atoms with van der Waals surface area (Å²) in [5, 5.41) is 9.07. The molecule has 0 bridgehead atoms. The zero-order valence-corrected chi connectivity index (χ0v) is 19.7. The number of hydrogen-bond acceptors (Lipinski definition) is 6. The molecule has 0 amide bonds. The van der Waals surface area contributed by atoms with E-state index in [0.717, 1.165) is 21.7 Å². The molecule has 3 rings (SSSR count). The van der Waals surface area contributed by atoms with Gasteiger partial charge in [-0.15, -0.1) is 11.3 Å². The van der Waals surface area contributed by atoms with E-state index in [2.05, 4.69) is 0 Å². The molecule has 32 heavy (non-hydrogen) atoms. The molecule has 2 aromatic carbocycles. The average Bonchev–Trinajstić information content (AvgIpc) is 3.05.